The maximum atomic E-state index is 11.7. The van der Waals surface area contributed by atoms with Crippen LogP contribution in [0.25, 0.3) is 0 Å². The molecule has 5 heteroatoms. The Morgan fingerprint density at radius 1 is 1.67 bits per heavy atom. The molecule has 1 fully saturated rings. The summed E-state index contributed by atoms with van der Waals surface area (Å²) in [5, 5.41) is 6.36. The number of nitrogens with zero attached hydrogens (tertiary/aromatic N) is 1. The van der Waals surface area contributed by atoms with Crippen LogP contribution in [0.4, 0.5) is 5.69 Å². The summed E-state index contributed by atoms with van der Waals surface area (Å²) >= 11 is 5.71. The van der Waals surface area contributed by atoms with E-state index in [1.165, 1.54) is 0 Å². The monoisotopic (exact) mass is 225 g/mol. The number of carbonyl (C=O) groups excluding carboxylic acids is 1. The van der Waals surface area contributed by atoms with Crippen LogP contribution in [0.15, 0.2) is 18.3 Å². The number of anilines is 1. The minimum absolute atomic E-state index is 0.0438. The molecule has 1 aromatic heterocycles. The van der Waals surface area contributed by atoms with Gasteiger partial charge in [-0.15, -0.1) is 0 Å². The molecule has 1 amide bonds. The molecule has 1 aliphatic heterocycles. The minimum Gasteiger partial charge on any atom is -0.326 e. The fourth-order valence-corrected chi connectivity index (χ4v) is 1.78. The lowest BCUT2D eigenvalue weighted by atomic mass is 10.1. The third-order valence-corrected chi connectivity index (χ3v) is 2.63. The molecule has 1 aliphatic rings. The number of hydrogen-bond donors (Lipinski definition) is 2. The first-order valence-electron chi connectivity index (χ1n) is 4.89. The summed E-state index contributed by atoms with van der Waals surface area (Å²) in [4.78, 5) is 15.6. The number of hydrogen-bond acceptors (Lipinski definition) is 3. The van der Waals surface area contributed by atoms with Crippen LogP contribution in [0.1, 0.15) is 6.42 Å². The van der Waals surface area contributed by atoms with Crippen LogP contribution < -0.4 is 10.6 Å². The average Bonchev–Trinajstić information content (AvgIpc) is 2.70. The number of rotatable bonds is 2. The number of carbonyl (C=O) groups is 1. The Hall–Kier alpha value is -1.13. The average molecular weight is 226 g/mol. The molecule has 1 unspecified atom stereocenters. The zero-order valence-corrected chi connectivity index (χ0v) is 8.92. The number of pyridine rings is 1. The fraction of sp³-hybridized carbons (Fsp3) is 0.400. The molecule has 4 nitrogen and oxygen atoms in total. The summed E-state index contributed by atoms with van der Waals surface area (Å²) in [6.45, 7) is 1.67. The van der Waals surface area contributed by atoms with Gasteiger partial charge in [0.15, 0.2) is 0 Å². The standard InChI is InChI=1S/C10H12ClN3O/c11-9-5-8(2-4-13-9)14-10(15)7-1-3-12-6-7/h2,4-5,7,12H,1,3,6H2,(H,13,14,15). The third kappa shape index (κ3) is 2.67. The zero-order chi connectivity index (χ0) is 10.7. The highest BCUT2D eigenvalue weighted by atomic mass is 35.5. The number of aromatic nitrogens is 1. The molecule has 0 radical (unpaired) electrons. The highest BCUT2D eigenvalue weighted by Crippen LogP contribution is 2.15. The molecule has 1 aromatic rings. The molecule has 15 heavy (non-hydrogen) atoms. The summed E-state index contributed by atoms with van der Waals surface area (Å²) in [6.07, 6.45) is 2.47. The number of amides is 1. The molecule has 80 valence electrons. The SMILES string of the molecule is O=C(Nc1ccnc(Cl)c1)C1CCNC1. The van der Waals surface area contributed by atoms with Gasteiger partial charge in [-0.3, -0.25) is 4.79 Å². The maximum absolute atomic E-state index is 11.7. The summed E-state index contributed by atoms with van der Waals surface area (Å²) in [5.41, 5.74) is 0.701. The van der Waals surface area contributed by atoms with Crippen molar-refractivity contribution in [2.75, 3.05) is 18.4 Å². The van der Waals surface area contributed by atoms with E-state index in [1.807, 2.05) is 0 Å². The molecule has 2 rings (SSSR count). The second-order valence-corrected chi connectivity index (χ2v) is 3.93. The van der Waals surface area contributed by atoms with Crippen molar-refractivity contribution in [3.63, 3.8) is 0 Å². The Labute approximate surface area is 93.0 Å². The Morgan fingerprint density at radius 3 is 3.20 bits per heavy atom. The van der Waals surface area contributed by atoms with E-state index in [9.17, 15) is 4.79 Å². The van der Waals surface area contributed by atoms with Crippen LogP contribution in [-0.2, 0) is 4.79 Å². The zero-order valence-electron chi connectivity index (χ0n) is 8.16. The largest absolute Gasteiger partial charge is 0.326 e. The predicted molar refractivity (Wildman–Crippen MR) is 58.9 cm³/mol. The van der Waals surface area contributed by atoms with Crippen LogP contribution in [0, 0.1) is 5.92 Å². The first-order chi connectivity index (χ1) is 7.25. The molecular weight excluding hydrogens is 214 g/mol. The van der Waals surface area contributed by atoms with E-state index in [-0.39, 0.29) is 11.8 Å². The van der Waals surface area contributed by atoms with Gasteiger partial charge in [0.05, 0.1) is 5.92 Å². The number of halogens is 1. The lowest BCUT2D eigenvalue weighted by Crippen LogP contribution is -2.24. The van der Waals surface area contributed by atoms with Gasteiger partial charge in [-0.05, 0) is 25.1 Å². The quantitative estimate of drug-likeness (QED) is 0.746. The normalized spacial score (nSPS) is 20.2. The fourth-order valence-electron chi connectivity index (χ4n) is 1.60. The molecule has 1 atom stereocenters. The van der Waals surface area contributed by atoms with Gasteiger partial charge in [-0.25, -0.2) is 4.98 Å². The van der Waals surface area contributed by atoms with Crippen molar-refractivity contribution < 1.29 is 4.79 Å². The highest BCUT2D eigenvalue weighted by molar-refractivity contribution is 6.29. The van der Waals surface area contributed by atoms with Gasteiger partial charge in [-0.2, -0.15) is 0 Å². The highest BCUT2D eigenvalue weighted by Gasteiger charge is 2.22. The van der Waals surface area contributed by atoms with E-state index in [0.717, 1.165) is 19.5 Å². The molecule has 2 heterocycles. The molecule has 2 N–H and O–H groups in total. The van der Waals surface area contributed by atoms with E-state index >= 15 is 0 Å². The maximum Gasteiger partial charge on any atom is 0.228 e. The van der Waals surface area contributed by atoms with Gasteiger partial charge >= 0.3 is 0 Å². The summed E-state index contributed by atoms with van der Waals surface area (Å²) < 4.78 is 0. The van der Waals surface area contributed by atoms with Crippen molar-refractivity contribution in [2.24, 2.45) is 5.92 Å². The molecule has 0 saturated carbocycles. The van der Waals surface area contributed by atoms with Gasteiger partial charge in [-0.1, -0.05) is 11.6 Å². The van der Waals surface area contributed by atoms with Crippen molar-refractivity contribution in [1.82, 2.24) is 10.3 Å². The Bertz CT molecular complexity index is 363. The van der Waals surface area contributed by atoms with Crippen molar-refractivity contribution >= 4 is 23.2 Å². The van der Waals surface area contributed by atoms with Crippen LogP contribution in [-0.4, -0.2) is 24.0 Å². The lowest BCUT2D eigenvalue weighted by molar-refractivity contribution is -0.119. The molecule has 0 aromatic carbocycles. The second kappa shape index (κ2) is 4.59. The minimum atomic E-state index is 0.0438. The topological polar surface area (TPSA) is 54.0 Å². The van der Waals surface area contributed by atoms with E-state index in [0.29, 0.717) is 10.8 Å². The van der Waals surface area contributed by atoms with Gasteiger partial charge in [0.25, 0.3) is 0 Å². The van der Waals surface area contributed by atoms with Crippen LogP contribution in [0.2, 0.25) is 5.15 Å². The van der Waals surface area contributed by atoms with E-state index < -0.39 is 0 Å². The van der Waals surface area contributed by atoms with E-state index in [1.54, 1.807) is 18.3 Å². The Balaban J connectivity index is 1.99. The summed E-state index contributed by atoms with van der Waals surface area (Å²) in [6, 6.07) is 3.37. The summed E-state index contributed by atoms with van der Waals surface area (Å²) in [7, 11) is 0. The molecule has 0 bridgehead atoms. The first kappa shape index (κ1) is 10.4. The van der Waals surface area contributed by atoms with Crippen LogP contribution in [0.5, 0.6) is 0 Å². The molecule has 1 saturated heterocycles. The smallest absolute Gasteiger partial charge is 0.228 e. The van der Waals surface area contributed by atoms with Crippen molar-refractivity contribution in [3.8, 4) is 0 Å². The van der Waals surface area contributed by atoms with Crippen molar-refractivity contribution in [1.29, 1.82) is 0 Å². The molecule has 0 spiro atoms. The van der Waals surface area contributed by atoms with Gasteiger partial charge < -0.3 is 10.6 Å². The van der Waals surface area contributed by atoms with E-state index in [2.05, 4.69) is 15.6 Å². The third-order valence-electron chi connectivity index (χ3n) is 2.43. The first-order valence-corrected chi connectivity index (χ1v) is 5.26. The molecular formula is C10H12ClN3O. The molecule has 0 aliphatic carbocycles. The van der Waals surface area contributed by atoms with Gasteiger partial charge in [0.2, 0.25) is 5.91 Å². The van der Waals surface area contributed by atoms with Crippen LogP contribution >= 0.6 is 11.6 Å². The number of nitrogens with one attached hydrogen (secondary N) is 2. The van der Waals surface area contributed by atoms with Crippen LogP contribution in [0.3, 0.4) is 0 Å². The lowest BCUT2D eigenvalue weighted by Gasteiger charge is -2.09. The summed E-state index contributed by atoms with van der Waals surface area (Å²) in [5.74, 6) is 0.110. The second-order valence-electron chi connectivity index (χ2n) is 3.55. The van der Waals surface area contributed by atoms with Gasteiger partial charge in [0, 0.05) is 18.4 Å². The Morgan fingerprint density at radius 2 is 2.53 bits per heavy atom. The predicted octanol–water partition coefficient (Wildman–Crippen LogP) is 1.28. The Kier molecular flexibility index (Phi) is 3.18. The van der Waals surface area contributed by atoms with Crippen molar-refractivity contribution in [2.45, 2.75) is 6.42 Å². The van der Waals surface area contributed by atoms with Gasteiger partial charge in [0.1, 0.15) is 5.15 Å². The van der Waals surface area contributed by atoms with E-state index in [4.69, 9.17) is 11.6 Å². The van der Waals surface area contributed by atoms with Crippen molar-refractivity contribution in [3.05, 3.63) is 23.5 Å².